The van der Waals surface area contributed by atoms with Crippen molar-refractivity contribution in [1.29, 1.82) is 0 Å². The first-order valence-corrected chi connectivity index (χ1v) is 10.6. The highest BCUT2D eigenvalue weighted by molar-refractivity contribution is 6.17. The quantitative estimate of drug-likeness (QED) is 0.224. The molecule has 152 valence electrons. The molecule has 2 heteroatoms. The summed E-state index contributed by atoms with van der Waals surface area (Å²) in [5, 5.41) is 27.5. The largest absolute Gasteiger partial charge is 0.508 e. The number of aromatic hydroxyl groups is 2. The van der Waals surface area contributed by atoms with Crippen LogP contribution in [0.1, 0.15) is 0 Å². The highest BCUT2D eigenvalue weighted by Gasteiger charge is 2.13. The van der Waals surface area contributed by atoms with Gasteiger partial charge in [-0.1, -0.05) is 72.8 Å². The Bertz CT molecular complexity index is 1630. The maximum atomic E-state index is 10.8. The average Bonchev–Trinajstić information content (AvgIpc) is 2.83. The van der Waals surface area contributed by atoms with E-state index in [4.69, 9.17) is 0 Å². The molecule has 0 saturated heterocycles. The normalized spacial score (nSPS) is 11.4. The summed E-state index contributed by atoms with van der Waals surface area (Å²) in [6, 6.07) is 36.2. The lowest BCUT2D eigenvalue weighted by molar-refractivity contribution is 0.475. The van der Waals surface area contributed by atoms with E-state index in [1.54, 1.807) is 18.2 Å². The van der Waals surface area contributed by atoms with E-state index in [2.05, 4.69) is 60.7 Å². The highest BCUT2D eigenvalue weighted by atomic mass is 16.3. The summed E-state index contributed by atoms with van der Waals surface area (Å²) in [6.45, 7) is 0. The Labute approximate surface area is 185 Å². The van der Waals surface area contributed by atoms with Crippen molar-refractivity contribution >= 4 is 32.3 Å². The third kappa shape index (κ3) is 2.97. The summed E-state index contributed by atoms with van der Waals surface area (Å²) in [6.07, 6.45) is 0. The van der Waals surface area contributed by atoms with Gasteiger partial charge in [-0.15, -0.1) is 0 Å². The Hall–Kier alpha value is -4.30. The van der Waals surface area contributed by atoms with Crippen LogP contribution in [0.5, 0.6) is 11.5 Å². The number of fused-ring (bicyclic) bond motifs is 4. The third-order valence-electron chi connectivity index (χ3n) is 6.21. The molecule has 6 aromatic carbocycles. The molecule has 0 fully saturated rings. The molecule has 2 nitrogen and oxygen atoms in total. The van der Waals surface area contributed by atoms with Gasteiger partial charge in [0, 0.05) is 5.56 Å². The minimum Gasteiger partial charge on any atom is -0.508 e. The van der Waals surface area contributed by atoms with E-state index < -0.39 is 0 Å². The predicted molar refractivity (Wildman–Crippen MR) is 133 cm³/mol. The number of phenolic OH excluding ortho intramolecular Hbond substituents is 2. The minimum absolute atomic E-state index is 0.237. The van der Waals surface area contributed by atoms with Crippen LogP contribution in [0.3, 0.4) is 0 Å². The third-order valence-corrected chi connectivity index (χ3v) is 6.21. The van der Waals surface area contributed by atoms with Gasteiger partial charge in [-0.2, -0.15) is 0 Å². The number of hydrogen-bond acceptors (Lipinski definition) is 2. The number of phenols is 2. The van der Waals surface area contributed by atoms with E-state index in [-0.39, 0.29) is 11.5 Å². The van der Waals surface area contributed by atoms with Crippen LogP contribution < -0.4 is 0 Å². The van der Waals surface area contributed by atoms with Gasteiger partial charge in [0.05, 0.1) is 0 Å². The summed E-state index contributed by atoms with van der Waals surface area (Å²) in [4.78, 5) is 0. The second kappa shape index (κ2) is 7.14. The Kier molecular flexibility index (Phi) is 4.12. The second-order valence-corrected chi connectivity index (χ2v) is 8.17. The fourth-order valence-corrected chi connectivity index (χ4v) is 4.61. The average molecular weight is 412 g/mol. The van der Waals surface area contributed by atoms with E-state index in [0.717, 1.165) is 33.0 Å². The molecule has 32 heavy (non-hydrogen) atoms. The number of rotatable bonds is 2. The molecule has 0 unspecified atom stereocenters. The molecule has 0 amide bonds. The van der Waals surface area contributed by atoms with Crippen molar-refractivity contribution in [3.05, 3.63) is 109 Å². The van der Waals surface area contributed by atoms with Gasteiger partial charge < -0.3 is 10.2 Å². The van der Waals surface area contributed by atoms with Crippen molar-refractivity contribution in [3.8, 4) is 33.8 Å². The molecule has 0 aliphatic heterocycles. The lowest BCUT2D eigenvalue weighted by atomic mass is 9.90. The van der Waals surface area contributed by atoms with E-state index >= 15 is 0 Å². The SMILES string of the molecule is Oc1ccc(-c2ccc(O)c(-c3cccc4ccc5cc6ccccc6cc5c34)c2)cc1. The van der Waals surface area contributed by atoms with Crippen LogP contribution in [0, 0.1) is 0 Å². The second-order valence-electron chi connectivity index (χ2n) is 8.17. The van der Waals surface area contributed by atoms with Crippen LogP contribution in [0.4, 0.5) is 0 Å². The Morgan fingerprint density at radius 1 is 0.438 bits per heavy atom. The van der Waals surface area contributed by atoms with E-state index in [9.17, 15) is 10.2 Å². The van der Waals surface area contributed by atoms with Crippen LogP contribution in [0.15, 0.2) is 109 Å². The van der Waals surface area contributed by atoms with Crippen LogP contribution in [0.2, 0.25) is 0 Å². The first-order chi connectivity index (χ1) is 15.7. The fourth-order valence-electron chi connectivity index (χ4n) is 4.61. The molecule has 0 aliphatic carbocycles. The van der Waals surface area contributed by atoms with Crippen molar-refractivity contribution in [3.63, 3.8) is 0 Å². The van der Waals surface area contributed by atoms with E-state index in [1.807, 2.05) is 30.3 Å². The fraction of sp³-hybridized carbons (Fsp3) is 0. The molecule has 2 N–H and O–H groups in total. The molecule has 6 aromatic rings. The van der Waals surface area contributed by atoms with Gasteiger partial charge in [0.2, 0.25) is 0 Å². The Morgan fingerprint density at radius 3 is 1.94 bits per heavy atom. The van der Waals surface area contributed by atoms with Crippen molar-refractivity contribution in [2.24, 2.45) is 0 Å². The van der Waals surface area contributed by atoms with Crippen LogP contribution in [-0.2, 0) is 0 Å². The van der Waals surface area contributed by atoms with Gasteiger partial charge in [-0.05, 0) is 85.4 Å². The van der Waals surface area contributed by atoms with Gasteiger partial charge in [-0.25, -0.2) is 0 Å². The van der Waals surface area contributed by atoms with Crippen molar-refractivity contribution in [1.82, 2.24) is 0 Å². The van der Waals surface area contributed by atoms with Gasteiger partial charge in [0.1, 0.15) is 11.5 Å². The van der Waals surface area contributed by atoms with Gasteiger partial charge in [-0.3, -0.25) is 0 Å². The van der Waals surface area contributed by atoms with Crippen LogP contribution in [-0.4, -0.2) is 10.2 Å². The summed E-state index contributed by atoms with van der Waals surface area (Å²) in [5.74, 6) is 0.485. The Morgan fingerprint density at radius 2 is 1.12 bits per heavy atom. The topological polar surface area (TPSA) is 40.5 Å². The first kappa shape index (κ1) is 18.5. The van der Waals surface area contributed by atoms with Gasteiger partial charge in [0.25, 0.3) is 0 Å². The lowest BCUT2D eigenvalue weighted by Gasteiger charge is -2.14. The minimum atomic E-state index is 0.237. The van der Waals surface area contributed by atoms with Crippen molar-refractivity contribution in [2.75, 3.05) is 0 Å². The molecule has 0 saturated carbocycles. The molecule has 0 bridgehead atoms. The molecular weight excluding hydrogens is 392 g/mol. The molecule has 0 aliphatic rings. The first-order valence-electron chi connectivity index (χ1n) is 10.6. The smallest absolute Gasteiger partial charge is 0.123 e. The van der Waals surface area contributed by atoms with E-state index in [0.29, 0.717) is 0 Å². The molecule has 0 heterocycles. The lowest BCUT2D eigenvalue weighted by Crippen LogP contribution is -1.87. The molecule has 0 aromatic heterocycles. The Balaban J connectivity index is 1.65. The predicted octanol–water partition coefficient (Wildman–Crippen LogP) is 7.89. The van der Waals surface area contributed by atoms with Gasteiger partial charge >= 0.3 is 0 Å². The highest BCUT2D eigenvalue weighted by Crippen LogP contribution is 2.41. The monoisotopic (exact) mass is 412 g/mol. The number of benzene rings is 6. The van der Waals surface area contributed by atoms with Gasteiger partial charge in [0.15, 0.2) is 0 Å². The molecule has 0 atom stereocenters. The summed E-state index contributed by atoms with van der Waals surface area (Å²) in [5.41, 5.74) is 3.77. The summed E-state index contributed by atoms with van der Waals surface area (Å²) < 4.78 is 0. The van der Waals surface area contributed by atoms with Crippen molar-refractivity contribution in [2.45, 2.75) is 0 Å². The maximum Gasteiger partial charge on any atom is 0.123 e. The van der Waals surface area contributed by atoms with Crippen molar-refractivity contribution < 1.29 is 10.2 Å². The zero-order chi connectivity index (χ0) is 21.7. The zero-order valence-electron chi connectivity index (χ0n) is 17.3. The summed E-state index contributed by atoms with van der Waals surface area (Å²) in [7, 11) is 0. The molecule has 0 radical (unpaired) electrons. The van der Waals surface area contributed by atoms with Crippen LogP contribution >= 0.6 is 0 Å². The maximum absolute atomic E-state index is 10.8. The zero-order valence-corrected chi connectivity index (χ0v) is 17.3. The standard InChI is InChI=1S/C30H20O2/c31-25-13-10-19(11-14-25)23-12-15-29(32)28(18-23)26-7-3-6-20-8-9-24-16-21-4-1-2-5-22(21)17-27(24)30(20)26/h1-18,31-32H. The summed E-state index contributed by atoms with van der Waals surface area (Å²) >= 11 is 0. The molecule has 0 spiro atoms. The van der Waals surface area contributed by atoms with E-state index in [1.165, 1.54) is 21.5 Å². The number of hydrogen-bond donors (Lipinski definition) is 2. The molecule has 6 rings (SSSR count). The molecular formula is C30H20O2. The van der Waals surface area contributed by atoms with Crippen LogP contribution in [0.25, 0.3) is 54.6 Å².